The topological polar surface area (TPSA) is 61.8 Å². The zero-order valence-corrected chi connectivity index (χ0v) is 21.2. The maximum absolute atomic E-state index is 12.1. The highest BCUT2D eigenvalue weighted by Gasteiger charge is 2.28. The van der Waals surface area contributed by atoms with Gasteiger partial charge in [-0.3, -0.25) is 0 Å². The summed E-state index contributed by atoms with van der Waals surface area (Å²) >= 11 is 0. The van der Waals surface area contributed by atoms with Crippen molar-refractivity contribution in [2.45, 2.75) is 53.0 Å². The Morgan fingerprint density at radius 1 is 0.971 bits per heavy atom. The van der Waals surface area contributed by atoms with Gasteiger partial charge in [-0.25, -0.2) is 4.79 Å². The Labute approximate surface area is 209 Å². The van der Waals surface area contributed by atoms with Gasteiger partial charge in [-0.2, -0.15) is 0 Å². The number of nitrogens with one attached hydrogen (secondary N) is 1. The Balaban J connectivity index is 2.12. The van der Waals surface area contributed by atoms with Crippen LogP contribution >= 0.6 is 0 Å². The van der Waals surface area contributed by atoms with Crippen molar-refractivity contribution in [1.29, 1.82) is 0 Å². The number of unbranched alkanes of at least 4 members (excludes halogenated alkanes) is 2. The molecule has 0 aromatic heterocycles. The molecule has 3 rings (SSSR count). The lowest BCUT2D eigenvalue weighted by Gasteiger charge is -2.32. The van der Waals surface area contributed by atoms with E-state index in [9.17, 15) is 9.90 Å². The third-order valence-electron chi connectivity index (χ3n) is 6.08. The minimum Gasteiger partial charge on any atom is -0.478 e. The number of carboxylic acids is 1. The lowest BCUT2D eigenvalue weighted by molar-refractivity contribution is -0.132. The van der Waals surface area contributed by atoms with Gasteiger partial charge in [0.15, 0.2) is 5.76 Å². The van der Waals surface area contributed by atoms with Crippen molar-refractivity contribution in [2.75, 3.05) is 13.1 Å². The average Bonchev–Trinajstić information content (AvgIpc) is 3.00. The van der Waals surface area contributed by atoms with Crippen molar-refractivity contribution in [3.05, 3.63) is 101 Å². The largest absolute Gasteiger partial charge is 0.478 e. The van der Waals surface area contributed by atoms with E-state index < -0.39 is 5.97 Å². The van der Waals surface area contributed by atoms with Gasteiger partial charge in [-0.15, -0.1) is 0 Å². The molecule has 0 bridgehead atoms. The van der Waals surface area contributed by atoms with Crippen LogP contribution in [0.3, 0.4) is 0 Å². The van der Waals surface area contributed by atoms with Gasteiger partial charge in [0, 0.05) is 25.6 Å². The normalized spacial score (nSPS) is 15.7. The van der Waals surface area contributed by atoms with Gasteiger partial charge >= 0.3 is 5.97 Å². The molecule has 1 unspecified atom stereocenters. The summed E-state index contributed by atoms with van der Waals surface area (Å²) in [5, 5.41) is 13.5. The first kappa shape index (κ1) is 26.1. The van der Waals surface area contributed by atoms with Gasteiger partial charge in [-0.05, 0) is 36.6 Å². The molecule has 2 aromatic carbocycles. The Bertz CT molecular complexity index is 1030. The van der Waals surface area contributed by atoms with Crippen molar-refractivity contribution in [3.8, 4) is 5.75 Å². The summed E-state index contributed by atoms with van der Waals surface area (Å²) in [4.78, 5) is 14.5. The van der Waals surface area contributed by atoms with E-state index in [2.05, 4.69) is 43.1 Å². The van der Waals surface area contributed by atoms with E-state index in [-0.39, 0.29) is 11.5 Å². The molecule has 1 atom stereocenters. The highest BCUT2D eigenvalue weighted by molar-refractivity contribution is 5.90. The molecule has 35 heavy (non-hydrogen) atoms. The molecular weight excluding hydrogens is 436 g/mol. The van der Waals surface area contributed by atoms with Gasteiger partial charge < -0.3 is 20.1 Å². The summed E-state index contributed by atoms with van der Waals surface area (Å²) in [6.07, 6.45) is 7.85. The van der Waals surface area contributed by atoms with Crippen LogP contribution in [0.15, 0.2) is 95.5 Å². The third kappa shape index (κ3) is 7.51. The molecule has 0 saturated heterocycles. The van der Waals surface area contributed by atoms with Crippen LogP contribution in [0.4, 0.5) is 0 Å². The number of para-hydroxylation sites is 1. The van der Waals surface area contributed by atoms with Crippen LogP contribution in [0, 0.1) is 5.92 Å². The number of allylic oxidation sites excluding steroid dienone is 1. The Morgan fingerprint density at radius 3 is 2.14 bits per heavy atom. The molecule has 0 saturated carbocycles. The molecular formula is C30H38N2O3. The number of benzene rings is 2. The number of carboxylic acid groups (broad SMARTS) is 1. The molecule has 1 aliphatic carbocycles. The average molecular weight is 475 g/mol. The summed E-state index contributed by atoms with van der Waals surface area (Å²) in [5.41, 5.74) is 3.09. The molecule has 2 N–H and O–H groups in total. The monoisotopic (exact) mass is 474 g/mol. The molecule has 0 radical (unpaired) electrons. The number of hydrogen-bond acceptors (Lipinski definition) is 4. The van der Waals surface area contributed by atoms with E-state index in [4.69, 9.17) is 4.74 Å². The summed E-state index contributed by atoms with van der Waals surface area (Å²) in [6.45, 7) is 8.82. The van der Waals surface area contributed by atoms with Crippen molar-refractivity contribution in [1.82, 2.24) is 10.2 Å². The number of ether oxygens (including phenoxy) is 1. The second-order valence-electron chi connectivity index (χ2n) is 8.94. The molecule has 1 aliphatic rings. The second-order valence-corrected chi connectivity index (χ2v) is 8.94. The fourth-order valence-electron chi connectivity index (χ4n) is 4.22. The van der Waals surface area contributed by atoms with E-state index in [0.29, 0.717) is 18.0 Å². The SMILES string of the molecule is CCCCN(CCCC)C1=C(Oc2ccccc2)C(NCc2ccccc2)=CC(C(=O)O)=CC1C. The van der Waals surface area contributed by atoms with Crippen molar-refractivity contribution in [3.63, 3.8) is 0 Å². The van der Waals surface area contributed by atoms with Crippen LogP contribution in [-0.4, -0.2) is 29.1 Å². The maximum atomic E-state index is 12.1. The quantitative estimate of drug-likeness (QED) is 0.346. The highest BCUT2D eigenvalue weighted by atomic mass is 16.5. The Morgan fingerprint density at radius 2 is 1.57 bits per heavy atom. The van der Waals surface area contributed by atoms with E-state index in [1.807, 2.05) is 54.6 Å². The minimum absolute atomic E-state index is 0.124. The Kier molecular flexibility index (Phi) is 10.0. The zero-order chi connectivity index (χ0) is 25.0. The van der Waals surface area contributed by atoms with E-state index in [1.165, 1.54) is 0 Å². The van der Waals surface area contributed by atoms with Crippen LogP contribution < -0.4 is 10.1 Å². The van der Waals surface area contributed by atoms with Crippen molar-refractivity contribution in [2.24, 2.45) is 5.92 Å². The van der Waals surface area contributed by atoms with E-state index in [1.54, 1.807) is 6.08 Å². The number of aliphatic carboxylic acids is 1. The second kappa shape index (κ2) is 13.4. The standard InChI is InChI=1S/C30H38N2O3/c1-4-6-18-32(19-7-5-2)28-23(3)20-25(30(33)34)21-27(31-22-24-14-10-8-11-15-24)29(28)35-26-16-12-9-13-17-26/h8-17,20-21,23,31H,4-7,18-19,22H2,1-3H3,(H,33,34). The molecule has 0 amide bonds. The van der Waals surface area contributed by atoms with Gasteiger partial charge in [0.25, 0.3) is 0 Å². The molecule has 0 spiro atoms. The van der Waals surface area contributed by atoms with Crippen LogP contribution in [0.5, 0.6) is 5.75 Å². The molecule has 0 fully saturated rings. The minimum atomic E-state index is -0.940. The van der Waals surface area contributed by atoms with Gasteiger partial charge in [-0.1, -0.05) is 88.2 Å². The fraction of sp³-hybridized carbons (Fsp3) is 0.367. The van der Waals surface area contributed by atoms with E-state index >= 15 is 0 Å². The van der Waals surface area contributed by atoms with Crippen molar-refractivity contribution < 1.29 is 14.6 Å². The van der Waals surface area contributed by atoms with E-state index in [0.717, 1.165) is 55.8 Å². The van der Waals surface area contributed by atoms with Crippen LogP contribution in [0.1, 0.15) is 52.0 Å². The smallest absolute Gasteiger partial charge is 0.335 e. The van der Waals surface area contributed by atoms with Gasteiger partial charge in [0.2, 0.25) is 0 Å². The van der Waals surface area contributed by atoms with Crippen molar-refractivity contribution >= 4 is 5.97 Å². The summed E-state index contributed by atoms with van der Waals surface area (Å²) in [5.74, 6) is 0.356. The first-order valence-electron chi connectivity index (χ1n) is 12.7. The predicted molar refractivity (Wildman–Crippen MR) is 142 cm³/mol. The molecule has 0 heterocycles. The lowest BCUT2D eigenvalue weighted by atomic mass is 10.0. The van der Waals surface area contributed by atoms with Gasteiger partial charge in [0.05, 0.1) is 17.0 Å². The maximum Gasteiger partial charge on any atom is 0.335 e. The zero-order valence-electron chi connectivity index (χ0n) is 21.2. The molecule has 0 aliphatic heterocycles. The Hall–Kier alpha value is -3.47. The molecule has 2 aromatic rings. The predicted octanol–water partition coefficient (Wildman–Crippen LogP) is 6.51. The first-order valence-corrected chi connectivity index (χ1v) is 12.7. The van der Waals surface area contributed by atoms with Crippen LogP contribution in [0.25, 0.3) is 0 Å². The number of rotatable bonds is 13. The first-order chi connectivity index (χ1) is 17.0. The van der Waals surface area contributed by atoms with Crippen LogP contribution in [0.2, 0.25) is 0 Å². The summed E-state index contributed by atoms with van der Waals surface area (Å²) < 4.78 is 6.57. The number of carbonyl (C=O) groups is 1. The van der Waals surface area contributed by atoms with Gasteiger partial charge in [0.1, 0.15) is 5.75 Å². The number of nitrogens with zero attached hydrogens (tertiary/aromatic N) is 1. The summed E-state index contributed by atoms with van der Waals surface area (Å²) in [6, 6.07) is 19.8. The lowest BCUT2D eigenvalue weighted by Crippen LogP contribution is -2.32. The molecule has 186 valence electrons. The number of hydrogen-bond donors (Lipinski definition) is 2. The highest BCUT2D eigenvalue weighted by Crippen LogP contribution is 2.32. The summed E-state index contributed by atoms with van der Waals surface area (Å²) in [7, 11) is 0. The molecule has 5 nitrogen and oxygen atoms in total. The third-order valence-corrected chi connectivity index (χ3v) is 6.08. The molecule has 5 heteroatoms. The fourth-order valence-corrected chi connectivity index (χ4v) is 4.22. The van der Waals surface area contributed by atoms with Crippen LogP contribution in [-0.2, 0) is 11.3 Å².